The Morgan fingerprint density at radius 2 is 2.27 bits per heavy atom. The first-order valence-corrected chi connectivity index (χ1v) is 4.86. The first-order chi connectivity index (χ1) is 5.07. The van der Waals surface area contributed by atoms with Gasteiger partial charge in [-0.2, -0.15) is 0 Å². The molecule has 0 aliphatic heterocycles. The quantitative estimate of drug-likeness (QED) is 0.441. The lowest BCUT2D eigenvalue weighted by Crippen LogP contribution is -2.14. The molecule has 1 aliphatic carbocycles. The molecule has 1 rings (SSSR count). The zero-order valence-corrected chi connectivity index (χ0v) is 8.41. The minimum atomic E-state index is 0.362. The standard InChI is InChI=1S/C10H17Cl/c1-8(2)9-4-5-10(3,6-9)7-11/h4,8H,5-7H2,1-3H3. The second kappa shape index (κ2) is 3.18. The zero-order valence-electron chi connectivity index (χ0n) is 7.65. The smallest absolute Gasteiger partial charge is 0.0283 e. The molecule has 0 aromatic heterocycles. The molecule has 0 radical (unpaired) electrons. The van der Waals surface area contributed by atoms with Gasteiger partial charge in [0, 0.05) is 5.88 Å². The van der Waals surface area contributed by atoms with E-state index in [1.54, 1.807) is 5.57 Å². The molecule has 0 N–H and O–H groups in total. The molecule has 0 bridgehead atoms. The van der Waals surface area contributed by atoms with Crippen molar-refractivity contribution < 1.29 is 0 Å². The third kappa shape index (κ3) is 1.99. The average Bonchev–Trinajstić information content (AvgIpc) is 2.33. The van der Waals surface area contributed by atoms with Gasteiger partial charge in [-0.1, -0.05) is 32.4 Å². The van der Waals surface area contributed by atoms with Gasteiger partial charge in [-0.05, 0) is 24.2 Å². The number of rotatable bonds is 2. The lowest BCUT2D eigenvalue weighted by atomic mass is 9.87. The molecule has 0 heterocycles. The monoisotopic (exact) mass is 172 g/mol. The summed E-state index contributed by atoms with van der Waals surface area (Å²) in [6.07, 6.45) is 4.74. The number of hydrogen-bond acceptors (Lipinski definition) is 0. The molecule has 1 heteroatoms. The van der Waals surface area contributed by atoms with Crippen molar-refractivity contribution in [2.75, 3.05) is 5.88 Å². The van der Waals surface area contributed by atoms with E-state index in [9.17, 15) is 0 Å². The van der Waals surface area contributed by atoms with Crippen molar-refractivity contribution in [3.63, 3.8) is 0 Å². The van der Waals surface area contributed by atoms with Crippen LogP contribution in [0.3, 0.4) is 0 Å². The predicted molar refractivity (Wildman–Crippen MR) is 51.0 cm³/mol. The highest BCUT2D eigenvalue weighted by Crippen LogP contribution is 2.40. The van der Waals surface area contributed by atoms with Crippen LogP contribution in [0.4, 0.5) is 0 Å². The molecular weight excluding hydrogens is 156 g/mol. The van der Waals surface area contributed by atoms with E-state index in [0.29, 0.717) is 11.3 Å². The van der Waals surface area contributed by atoms with Crippen LogP contribution in [0, 0.1) is 11.3 Å². The Morgan fingerprint density at radius 1 is 1.64 bits per heavy atom. The molecule has 0 saturated carbocycles. The van der Waals surface area contributed by atoms with E-state index < -0.39 is 0 Å². The van der Waals surface area contributed by atoms with Crippen molar-refractivity contribution in [1.29, 1.82) is 0 Å². The highest BCUT2D eigenvalue weighted by molar-refractivity contribution is 6.18. The molecule has 64 valence electrons. The Morgan fingerprint density at radius 3 is 2.55 bits per heavy atom. The summed E-state index contributed by atoms with van der Waals surface area (Å²) in [6.45, 7) is 6.78. The van der Waals surface area contributed by atoms with Gasteiger partial charge in [-0.15, -0.1) is 11.6 Å². The van der Waals surface area contributed by atoms with Gasteiger partial charge in [0.1, 0.15) is 0 Å². The van der Waals surface area contributed by atoms with Crippen LogP contribution in [-0.2, 0) is 0 Å². The maximum absolute atomic E-state index is 5.89. The van der Waals surface area contributed by atoms with Crippen LogP contribution in [0.2, 0.25) is 0 Å². The van der Waals surface area contributed by atoms with Crippen molar-refractivity contribution >= 4 is 11.6 Å². The molecule has 1 unspecified atom stereocenters. The van der Waals surface area contributed by atoms with Crippen LogP contribution < -0.4 is 0 Å². The van der Waals surface area contributed by atoms with E-state index >= 15 is 0 Å². The third-order valence-corrected chi connectivity index (χ3v) is 3.20. The van der Waals surface area contributed by atoms with E-state index in [1.807, 2.05) is 0 Å². The van der Waals surface area contributed by atoms with Crippen LogP contribution in [0.1, 0.15) is 33.6 Å². The predicted octanol–water partition coefficient (Wildman–Crippen LogP) is 3.61. The number of hydrogen-bond donors (Lipinski definition) is 0. The Bertz CT molecular complexity index is 170. The molecule has 0 nitrogen and oxygen atoms in total. The Labute approximate surface area is 74.6 Å². The number of allylic oxidation sites excluding steroid dienone is 2. The molecule has 0 saturated heterocycles. The fraction of sp³-hybridized carbons (Fsp3) is 0.800. The molecule has 11 heavy (non-hydrogen) atoms. The van der Waals surface area contributed by atoms with Crippen LogP contribution >= 0.6 is 11.6 Å². The van der Waals surface area contributed by atoms with Gasteiger partial charge in [0.2, 0.25) is 0 Å². The van der Waals surface area contributed by atoms with E-state index in [0.717, 1.165) is 5.88 Å². The summed E-state index contributed by atoms with van der Waals surface area (Å²) in [4.78, 5) is 0. The minimum Gasteiger partial charge on any atom is -0.126 e. The maximum atomic E-state index is 5.89. The van der Waals surface area contributed by atoms with Gasteiger partial charge in [-0.25, -0.2) is 0 Å². The summed E-state index contributed by atoms with van der Waals surface area (Å²) >= 11 is 5.89. The molecular formula is C10H17Cl. The topological polar surface area (TPSA) is 0 Å². The normalized spacial score (nSPS) is 31.2. The van der Waals surface area contributed by atoms with E-state index in [4.69, 9.17) is 11.6 Å². The van der Waals surface area contributed by atoms with Gasteiger partial charge in [0.15, 0.2) is 0 Å². The van der Waals surface area contributed by atoms with Crippen molar-refractivity contribution in [2.24, 2.45) is 11.3 Å². The molecule has 0 aromatic carbocycles. The maximum Gasteiger partial charge on any atom is 0.0283 e. The minimum absolute atomic E-state index is 0.362. The molecule has 1 atom stereocenters. The Kier molecular flexibility index (Phi) is 2.64. The lowest BCUT2D eigenvalue weighted by Gasteiger charge is -2.21. The van der Waals surface area contributed by atoms with Crippen molar-refractivity contribution in [1.82, 2.24) is 0 Å². The summed E-state index contributed by atoms with van der Waals surface area (Å²) in [7, 11) is 0. The van der Waals surface area contributed by atoms with Crippen LogP contribution in [-0.4, -0.2) is 5.88 Å². The fourth-order valence-electron chi connectivity index (χ4n) is 1.56. The first kappa shape index (κ1) is 9.12. The highest BCUT2D eigenvalue weighted by Gasteiger charge is 2.29. The van der Waals surface area contributed by atoms with Crippen molar-refractivity contribution in [2.45, 2.75) is 33.6 Å². The molecule has 0 spiro atoms. The largest absolute Gasteiger partial charge is 0.126 e. The van der Waals surface area contributed by atoms with Crippen LogP contribution in [0.25, 0.3) is 0 Å². The molecule has 0 aromatic rings. The number of alkyl halides is 1. The highest BCUT2D eigenvalue weighted by atomic mass is 35.5. The van der Waals surface area contributed by atoms with E-state index in [2.05, 4.69) is 26.8 Å². The van der Waals surface area contributed by atoms with E-state index in [-0.39, 0.29) is 0 Å². The summed E-state index contributed by atoms with van der Waals surface area (Å²) in [5, 5.41) is 0. The van der Waals surface area contributed by atoms with E-state index in [1.165, 1.54) is 12.8 Å². The first-order valence-electron chi connectivity index (χ1n) is 4.32. The summed E-state index contributed by atoms with van der Waals surface area (Å²) in [5.41, 5.74) is 1.95. The van der Waals surface area contributed by atoms with Crippen LogP contribution in [0.5, 0.6) is 0 Å². The van der Waals surface area contributed by atoms with Gasteiger partial charge in [-0.3, -0.25) is 0 Å². The van der Waals surface area contributed by atoms with Gasteiger partial charge in [0.25, 0.3) is 0 Å². The van der Waals surface area contributed by atoms with Crippen molar-refractivity contribution in [3.8, 4) is 0 Å². The van der Waals surface area contributed by atoms with Crippen molar-refractivity contribution in [3.05, 3.63) is 11.6 Å². The summed E-state index contributed by atoms with van der Waals surface area (Å²) in [5.74, 6) is 1.50. The second-order valence-corrected chi connectivity index (χ2v) is 4.53. The van der Waals surface area contributed by atoms with Gasteiger partial charge >= 0.3 is 0 Å². The average molecular weight is 173 g/mol. The number of halogens is 1. The molecule has 0 amide bonds. The second-order valence-electron chi connectivity index (χ2n) is 4.26. The van der Waals surface area contributed by atoms with Gasteiger partial charge < -0.3 is 0 Å². The summed E-state index contributed by atoms with van der Waals surface area (Å²) in [6, 6.07) is 0. The SMILES string of the molecule is CC(C)C1=CCC(C)(CCl)C1. The third-order valence-electron chi connectivity index (χ3n) is 2.55. The van der Waals surface area contributed by atoms with Gasteiger partial charge in [0.05, 0.1) is 0 Å². The Balaban J connectivity index is 2.55. The molecule has 1 aliphatic rings. The zero-order chi connectivity index (χ0) is 8.48. The van der Waals surface area contributed by atoms with Crippen LogP contribution in [0.15, 0.2) is 11.6 Å². The molecule has 0 fully saturated rings. The summed E-state index contributed by atoms with van der Waals surface area (Å²) < 4.78 is 0. The Hall–Kier alpha value is 0.0300. The lowest BCUT2D eigenvalue weighted by molar-refractivity contribution is 0.392. The fourth-order valence-corrected chi connectivity index (χ4v) is 1.76.